The minimum Gasteiger partial charge on any atom is -0.345 e. The second-order valence-electron chi connectivity index (χ2n) is 3.94. The minimum absolute atomic E-state index is 0.114. The fraction of sp³-hybridized carbons (Fsp3) is 0.700. The Bertz CT molecular complexity index is 278. The van der Waals surface area contributed by atoms with Crippen molar-refractivity contribution < 1.29 is 14.4 Å². The number of carbonyl (C=O) groups is 3. The van der Waals surface area contributed by atoms with Gasteiger partial charge in [-0.15, -0.1) is 0 Å². The molecule has 15 heavy (non-hydrogen) atoms. The maximum atomic E-state index is 11.7. The van der Waals surface area contributed by atoms with Crippen molar-refractivity contribution in [1.82, 2.24) is 10.2 Å². The van der Waals surface area contributed by atoms with Gasteiger partial charge in [-0.25, -0.2) is 0 Å². The standard InChI is InChI=1S/C10H16N2O3/c1-7(6-13)5-12-4-3-9(14)11-8(2)10(12)15/h6-8H,3-5H2,1-2H3,(H,11,14). The summed E-state index contributed by atoms with van der Waals surface area (Å²) in [6, 6.07) is -0.487. The fourth-order valence-electron chi connectivity index (χ4n) is 1.57. The van der Waals surface area contributed by atoms with Gasteiger partial charge in [0, 0.05) is 25.4 Å². The molecule has 1 heterocycles. The Labute approximate surface area is 88.8 Å². The van der Waals surface area contributed by atoms with Crippen molar-refractivity contribution in [2.75, 3.05) is 13.1 Å². The average Bonchev–Trinajstić information content (AvgIpc) is 2.31. The van der Waals surface area contributed by atoms with E-state index in [2.05, 4.69) is 5.32 Å². The number of amides is 2. The molecule has 1 rings (SSSR count). The highest BCUT2D eigenvalue weighted by molar-refractivity contribution is 5.89. The van der Waals surface area contributed by atoms with Crippen LogP contribution in [0.5, 0.6) is 0 Å². The number of aldehydes is 1. The molecule has 2 amide bonds. The third-order valence-corrected chi connectivity index (χ3v) is 2.41. The number of hydrogen-bond donors (Lipinski definition) is 1. The van der Waals surface area contributed by atoms with Crippen molar-refractivity contribution in [2.24, 2.45) is 5.92 Å². The van der Waals surface area contributed by atoms with Crippen molar-refractivity contribution in [1.29, 1.82) is 0 Å². The van der Waals surface area contributed by atoms with E-state index >= 15 is 0 Å². The zero-order valence-corrected chi connectivity index (χ0v) is 9.03. The SMILES string of the molecule is CC(C=O)CN1CCC(=O)NC(C)C1=O. The van der Waals surface area contributed by atoms with Crippen LogP contribution < -0.4 is 5.32 Å². The van der Waals surface area contributed by atoms with Crippen molar-refractivity contribution in [3.63, 3.8) is 0 Å². The second-order valence-corrected chi connectivity index (χ2v) is 3.94. The average molecular weight is 212 g/mol. The molecule has 0 spiro atoms. The van der Waals surface area contributed by atoms with E-state index in [1.165, 1.54) is 0 Å². The van der Waals surface area contributed by atoms with Gasteiger partial charge >= 0.3 is 0 Å². The Kier molecular flexibility index (Phi) is 3.82. The van der Waals surface area contributed by atoms with Gasteiger partial charge in [0.2, 0.25) is 11.8 Å². The van der Waals surface area contributed by atoms with Crippen molar-refractivity contribution in [2.45, 2.75) is 26.3 Å². The van der Waals surface area contributed by atoms with Gasteiger partial charge in [-0.3, -0.25) is 9.59 Å². The Balaban J connectivity index is 2.66. The predicted octanol–water partition coefficient (Wildman–Crippen LogP) is -0.442. The van der Waals surface area contributed by atoms with Gasteiger partial charge < -0.3 is 15.0 Å². The lowest BCUT2D eigenvalue weighted by Gasteiger charge is -2.23. The van der Waals surface area contributed by atoms with Crippen LogP contribution in [0.4, 0.5) is 0 Å². The van der Waals surface area contributed by atoms with Crippen molar-refractivity contribution in [3.8, 4) is 0 Å². The number of hydrogen-bond acceptors (Lipinski definition) is 3. The first-order chi connectivity index (χ1) is 7.04. The highest BCUT2D eigenvalue weighted by Gasteiger charge is 2.26. The molecule has 5 nitrogen and oxygen atoms in total. The summed E-state index contributed by atoms with van der Waals surface area (Å²) in [5.74, 6) is -0.416. The van der Waals surface area contributed by atoms with Gasteiger partial charge in [0.25, 0.3) is 0 Å². The van der Waals surface area contributed by atoms with Crippen LogP contribution in [-0.2, 0) is 14.4 Å². The van der Waals surface area contributed by atoms with Crippen LogP contribution in [0.25, 0.3) is 0 Å². The lowest BCUT2D eigenvalue weighted by molar-refractivity contribution is -0.133. The summed E-state index contributed by atoms with van der Waals surface area (Å²) in [6.07, 6.45) is 1.12. The maximum absolute atomic E-state index is 11.7. The summed E-state index contributed by atoms with van der Waals surface area (Å²) in [4.78, 5) is 35.0. The number of carbonyl (C=O) groups excluding carboxylic acids is 3. The van der Waals surface area contributed by atoms with Gasteiger partial charge in [-0.05, 0) is 6.92 Å². The summed E-state index contributed by atoms with van der Waals surface area (Å²) < 4.78 is 0. The van der Waals surface area contributed by atoms with E-state index in [1.54, 1.807) is 18.7 Å². The molecule has 0 radical (unpaired) electrons. The molecule has 0 aromatic carbocycles. The van der Waals surface area contributed by atoms with E-state index in [4.69, 9.17) is 0 Å². The van der Waals surface area contributed by atoms with Gasteiger partial charge in [-0.1, -0.05) is 6.92 Å². The molecule has 1 aliphatic rings. The summed E-state index contributed by atoms with van der Waals surface area (Å²) in [7, 11) is 0. The molecule has 0 saturated carbocycles. The van der Waals surface area contributed by atoms with E-state index in [9.17, 15) is 14.4 Å². The first kappa shape index (κ1) is 11.7. The van der Waals surface area contributed by atoms with E-state index in [1.807, 2.05) is 0 Å². The molecule has 2 atom stereocenters. The van der Waals surface area contributed by atoms with Gasteiger partial charge in [0.05, 0.1) is 0 Å². The van der Waals surface area contributed by atoms with Crippen molar-refractivity contribution in [3.05, 3.63) is 0 Å². The second kappa shape index (κ2) is 4.91. The highest BCUT2D eigenvalue weighted by Crippen LogP contribution is 2.06. The summed E-state index contributed by atoms with van der Waals surface area (Å²) in [6.45, 7) is 4.20. The third-order valence-electron chi connectivity index (χ3n) is 2.41. The minimum atomic E-state index is -0.487. The van der Waals surface area contributed by atoms with E-state index in [-0.39, 0.29) is 17.7 Å². The van der Waals surface area contributed by atoms with Crippen LogP contribution >= 0.6 is 0 Å². The number of rotatable bonds is 3. The van der Waals surface area contributed by atoms with Crippen LogP contribution in [-0.4, -0.2) is 42.1 Å². The monoisotopic (exact) mass is 212 g/mol. The Morgan fingerprint density at radius 3 is 2.87 bits per heavy atom. The molecule has 1 N–H and O–H groups in total. The quantitative estimate of drug-likeness (QED) is 0.645. The zero-order valence-electron chi connectivity index (χ0n) is 9.03. The fourth-order valence-corrected chi connectivity index (χ4v) is 1.57. The molecule has 1 saturated heterocycles. The summed E-state index contributed by atoms with van der Waals surface area (Å²) >= 11 is 0. The van der Waals surface area contributed by atoms with E-state index in [0.29, 0.717) is 19.5 Å². The molecule has 1 aliphatic heterocycles. The molecule has 84 valence electrons. The van der Waals surface area contributed by atoms with Gasteiger partial charge in [0.15, 0.2) is 0 Å². The molecule has 0 aromatic heterocycles. The maximum Gasteiger partial charge on any atom is 0.244 e. The highest BCUT2D eigenvalue weighted by atomic mass is 16.2. The van der Waals surface area contributed by atoms with Gasteiger partial charge in [-0.2, -0.15) is 0 Å². The summed E-state index contributed by atoms with van der Waals surface area (Å²) in [5, 5.41) is 2.59. The Hall–Kier alpha value is -1.39. The van der Waals surface area contributed by atoms with E-state index < -0.39 is 6.04 Å². The molecule has 0 aromatic rings. The van der Waals surface area contributed by atoms with Crippen LogP contribution in [0.1, 0.15) is 20.3 Å². The molecule has 0 aliphatic carbocycles. The molecular weight excluding hydrogens is 196 g/mol. The normalized spacial score (nSPS) is 24.4. The third kappa shape index (κ3) is 3.04. The molecular formula is C10H16N2O3. The van der Waals surface area contributed by atoms with Crippen LogP contribution in [0, 0.1) is 5.92 Å². The number of nitrogens with one attached hydrogen (secondary N) is 1. The first-order valence-electron chi connectivity index (χ1n) is 5.08. The molecule has 5 heteroatoms. The first-order valence-corrected chi connectivity index (χ1v) is 5.08. The van der Waals surface area contributed by atoms with E-state index in [0.717, 1.165) is 6.29 Å². The molecule has 0 bridgehead atoms. The predicted molar refractivity (Wildman–Crippen MR) is 54.0 cm³/mol. The lowest BCUT2D eigenvalue weighted by atomic mass is 10.2. The lowest BCUT2D eigenvalue weighted by Crippen LogP contribution is -2.44. The smallest absolute Gasteiger partial charge is 0.244 e. The number of nitrogens with zero attached hydrogens (tertiary/aromatic N) is 1. The Morgan fingerprint density at radius 2 is 2.27 bits per heavy atom. The topological polar surface area (TPSA) is 66.5 Å². The molecule has 1 fully saturated rings. The molecule has 2 unspecified atom stereocenters. The summed E-state index contributed by atoms with van der Waals surface area (Å²) in [5.41, 5.74) is 0. The van der Waals surface area contributed by atoms with Crippen LogP contribution in [0.2, 0.25) is 0 Å². The van der Waals surface area contributed by atoms with Gasteiger partial charge in [0.1, 0.15) is 12.3 Å². The van der Waals surface area contributed by atoms with Crippen LogP contribution in [0.15, 0.2) is 0 Å². The van der Waals surface area contributed by atoms with Crippen molar-refractivity contribution >= 4 is 18.1 Å². The largest absolute Gasteiger partial charge is 0.345 e. The van der Waals surface area contributed by atoms with Crippen LogP contribution in [0.3, 0.4) is 0 Å². The zero-order chi connectivity index (χ0) is 11.4. The Morgan fingerprint density at radius 1 is 1.60 bits per heavy atom.